The maximum absolute atomic E-state index is 12.0. The summed E-state index contributed by atoms with van der Waals surface area (Å²) >= 11 is 0. The zero-order valence-electron chi connectivity index (χ0n) is 11.4. The smallest absolute Gasteiger partial charge is 0.232 e. The molecule has 0 rings (SSSR count). The molecule has 0 aromatic carbocycles. The lowest BCUT2D eigenvalue weighted by Crippen LogP contribution is -2.42. The van der Waals surface area contributed by atoms with E-state index in [9.17, 15) is 9.00 Å². The van der Waals surface area contributed by atoms with Gasteiger partial charge >= 0.3 is 0 Å². The van der Waals surface area contributed by atoms with Crippen LogP contribution in [0.15, 0.2) is 0 Å². The second-order valence-electron chi connectivity index (χ2n) is 4.15. The van der Waals surface area contributed by atoms with E-state index in [4.69, 9.17) is 0 Å². The molecule has 1 amide bonds. The molecule has 0 aromatic heterocycles. The Hall–Kier alpha value is -0.420. The summed E-state index contributed by atoms with van der Waals surface area (Å²) in [6.07, 6.45) is 1.83. The molecule has 2 N–H and O–H groups in total. The van der Waals surface area contributed by atoms with Gasteiger partial charge in [0.2, 0.25) is 5.91 Å². The lowest BCUT2D eigenvalue weighted by atomic mass is 10.2. The first-order chi connectivity index (χ1) is 8.06. The van der Waals surface area contributed by atoms with Crippen molar-refractivity contribution in [2.45, 2.75) is 51.8 Å². The maximum atomic E-state index is 12.0. The maximum Gasteiger partial charge on any atom is 0.232 e. The van der Waals surface area contributed by atoms with Gasteiger partial charge in [-0.05, 0) is 26.3 Å². The van der Waals surface area contributed by atoms with Gasteiger partial charge in [0.05, 0.1) is 0 Å². The van der Waals surface area contributed by atoms with Crippen LogP contribution in [0.3, 0.4) is 0 Å². The lowest BCUT2D eigenvalue weighted by molar-refractivity contribution is -0.118. The third-order valence-electron chi connectivity index (χ3n) is 2.73. The van der Waals surface area contributed by atoms with Gasteiger partial charge in [-0.1, -0.05) is 20.8 Å². The fourth-order valence-corrected chi connectivity index (χ4v) is 2.94. The highest BCUT2D eigenvalue weighted by molar-refractivity contribution is 7.86. The van der Waals surface area contributed by atoms with Gasteiger partial charge in [-0.2, -0.15) is 0 Å². The summed E-state index contributed by atoms with van der Waals surface area (Å²) in [7, 11) is -1.10. The second kappa shape index (κ2) is 9.59. The molecule has 0 bridgehead atoms. The molecule has 0 aliphatic carbocycles. The van der Waals surface area contributed by atoms with E-state index >= 15 is 0 Å². The quantitative estimate of drug-likeness (QED) is 0.653. The van der Waals surface area contributed by atoms with E-state index in [0.717, 1.165) is 19.4 Å². The summed E-state index contributed by atoms with van der Waals surface area (Å²) in [5.74, 6) is 0.00617. The van der Waals surface area contributed by atoms with Crippen molar-refractivity contribution in [1.29, 1.82) is 0 Å². The Kier molecular flexibility index (Phi) is 9.36. The molecule has 0 spiro atoms. The van der Waals surface area contributed by atoms with E-state index in [0.29, 0.717) is 6.54 Å². The standard InChI is InChI=1S/C12H26N2O2S/c1-5-8-14-12(15)9-17(16)10(4)11(6-2)13-7-3/h10-11,13H,5-9H2,1-4H3,(H,14,15). The van der Waals surface area contributed by atoms with Gasteiger partial charge in [-0.15, -0.1) is 0 Å². The van der Waals surface area contributed by atoms with Gasteiger partial charge in [0, 0.05) is 28.6 Å². The van der Waals surface area contributed by atoms with Crippen LogP contribution in [0.1, 0.15) is 40.5 Å². The van der Waals surface area contributed by atoms with E-state index < -0.39 is 10.8 Å². The molecule has 0 saturated heterocycles. The molecular weight excluding hydrogens is 236 g/mol. The highest BCUT2D eigenvalue weighted by Crippen LogP contribution is 2.06. The van der Waals surface area contributed by atoms with Crippen LogP contribution in [0.2, 0.25) is 0 Å². The molecule has 0 fully saturated rings. The first-order valence-corrected chi connectivity index (χ1v) is 7.82. The molecule has 3 atom stereocenters. The Balaban J connectivity index is 4.15. The number of nitrogens with one attached hydrogen (secondary N) is 2. The minimum atomic E-state index is -1.10. The van der Waals surface area contributed by atoms with E-state index in [1.165, 1.54) is 0 Å². The number of carbonyl (C=O) groups is 1. The highest BCUT2D eigenvalue weighted by atomic mass is 32.2. The fourth-order valence-electron chi connectivity index (χ4n) is 1.66. The minimum Gasteiger partial charge on any atom is -0.355 e. The average molecular weight is 262 g/mol. The van der Waals surface area contributed by atoms with Crippen LogP contribution in [-0.4, -0.2) is 40.3 Å². The van der Waals surface area contributed by atoms with Crippen molar-refractivity contribution in [2.75, 3.05) is 18.8 Å². The summed E-state index contributed by atoms with van der Waals surface area (Å²) in [6.45, 7) is 9.57. The SMILES string of the molecule is CCCNC(=O)CS(=O)C(C)C(CC)NCC. The monoisotopic (exact) mass is 262 g/mol. The Morgan fingerprint density at radius 1 is 1.29 bits per heavy atom. The average Bonchev–Trinajstić information content (AvgIpc) is 2.32. The van der Waals surface area contributed by atoms with E-state index in [1.807, 2.05) is 20.8 Å². The molecule has 17 heavy (non-hydrogen) atoms. The van der Waals surface area contributed by atoms with Crippen LogP contribution >= 0.6 is 0 Å². The Morgan fingerprint density at radius 2 is 1.94 bits per heavy atom. The van der Waals surface area contributed by atoms with E-state index in [-0.39, 0.29) is 23.0 Å². The van der Waals surface area contributed by atoms with E-state index in [1.54, 1.807) is 0 Å². The van der Waals surface area contributed by atoms with Crippen molar-refractivity contribution in [3.05, 3.63) is 0 Å². The van der Waals surface area contributed by atoms with Gasteiger partial charge in [-0.25, -0.2) is 0 Å². The van der Waals surface area contributed by atoms with Crippen LogP contribution in [0.5, 0.6) is 0 Å². The van der Waals surface area contributed by atoms with Crippen LogP contribution in [-0.2, 0) is 15.6 Å². The topological polar surface area (TPSA) is 58.2 Å². The first-order valence-electron chi connectivity index (χ1n) is 6.43. The molecule has 3 unspecified atom stereocenters. The van der Waals surface area contributed by atoms with E-state index in [2.05, 4.69) is 17.6 Å². The third-order valence-corrected chi connectivity index (χ3v) is 4.44. The summed E-state index contributed by atoms with van der Waals surface area (Å²) in [6, 6.07) is 0.222. The van der Waals surface area contributed by atoms with Crippen molar-refractivity contribution in [2.24, 2.45) is 0 Å². The summed E-state index contributed by atoms with van der Waals surface area (Å²) < 4.78 is 12.0. The molecule has 0 radical (unpaired) electrons. The number of hydrogen-bond acceptors (Lipinski definition) is 3. The molecule has 0 aliphatic heterocycles. The van der Waals surface area contributed by atoms with Gasteiger partial charge in [-0.3, -0.25) is 9.00 Å². The molecule has 102 valence electrons. The van der Waals surface area contributed by atoms with Gasteiger partial charge in [0.1, 0.15) is 5.75 Å². The normalized spacial score (nSPS) is 16.2. The highest BCUT2D eigenvalue weighted by Gasteiger charge is 2.22. The van der Waals surface area contributed by atoms with Crippen molar-refractivity contribution >= 4 is 16.7 Å². The van der Waals surface area contributed by atoms with Gasteiger partial charge in [0.25, 0.3) is 0 Å². The summed E-state index contributed by atoms with van der Waals surface area (Å²) in [5.41, 5.74) is 0. The summed E-state index contributed by atoms with van der Waals surface area (Å²) in [5, 5.41) is 6.07. The predicted molar refractivity (Wildman–Crippen MR) is 73.5 cm³/mol. The Morgan fingerprint density at radius 3 is 2.41 bits per heavy atom. The van der Waals surface area contributed by atoms with Crippen molar-refractivity contribution in [3.63, 3.8) is 0 Å². The third kappa shape index (κ3) is 6.78. The van der Waals surface area contributed by atoms with Crippen LogP contribution in [0.4, 0.5) is 0 Å². The minimum absolute atomic E-state index is 0.00678. The largest absolute Gasteiger partial charge is 0.355 e. The molecule has 0 heterocycles. The fraction of sp³-hybridized carbons (Fsp3) is 0.917. The second-order valence-corrected chi connectivity index (χ2v) is 5.95. The van der Waals surface area contributed by atoms with Crippen LogP contribution in [0.25, 0.3) is 0 Å². The summed E-state index contributed by atoms with van der Waals surface area (Å²) in [4.78, 5) is 11.5. The first kappa shape index (κ1) is 16.6. The molecule has 4 nitrogen and oxygen atoms in total. The van der Waals surface area contributed by atoms with Crippen LogP contribution < -0.4 is 10.6 Å². The molecule has 0 aromatic rings. The van der Waals surface area contributed by atoms with Gasteiger partial charge in [0.15, 0.2) is 0 Å². The number of hydrogen-bond donors (Lipinski definition) is 2. The molecule has 5 heteroatoms. The van der Waals surface area contributed by atoms with Crippen molar-refractivity contribution < 1.29 is 9.00 Å². The molecule has 0 saturated carbocycles. The zero-order chi connectivity index (χ0) is 13.3. The van der Waals surface area contributed by atoms with Crippen molar-refractivity contribution in [3.8, 4) is 0 Å². The van der Waals surface area contributed by atoms with Crippen molar-refractivity contribution in [1.82, 2.24) is 10.6 Å². The number of amides is 1. The Labute approximate surface area is 107 Å². The predicted octanol–water partition coefficient (Wildman–Crippen LogP) is 1.04. The Bertz CT molecular complexity index is 247. The number of rotatable bonds is 9. The van der Waals surface area contributed by atoms with Crippen LogP contribution in [0, 0.1) is 0 Å². The van der Waals surface area contributed by atoms with Gasteiger partial charge < -0.3 is 10.6 Å². The zero-order valence-corrected chi connectivity index (χ0v) is 12.2. The molecule has 0 aliphatic rings. The lowest BCUT2D eigenvalue weighted by Gasteiger charge is -2.22. The number of carbonyl (C=O) groups excluding carboxylic acids is 1. The molecular formula is C12H26N2O2S.